The first kappa shape index (κ1) is 18.7. The predicted molar refractivity (Wildman–Crippen MR) is 96.6 cm³/mol. The number of aliphatic hydroxyl groups is 1. The van der Waals surface area contributed by atoms with Crippen molar-refractivity contribution in [1.29, 1.82) is 0 Å². The molecule has 5 nitrogen and oxygen atoms in total. The van der Waals surface area contributed by atoms with Crippen LogP contribution in [0.25, 0.3) is 0 Å². The summed E-state index contributed by atoms with van der Waals surface area (Å²) in [5, 5.41) is 20.2. The smallest absolute Gasteiger partial charge is 0.161 e. The third-order valence-electron chi connectivity index (χ3n) is 3.91. The van der Waals surface area contributed by atoms with Crippen LogP contribution in [-0.2, 0) is 6.42 Å². The average molecular weight is 344 g/mol. The van der Waals surface area contributed by atoms with E-state index in [4.69, 9.17) is 14.2 Å². The Hall–Kier alpha value is -2.66. The van der Waals surface area contributed by atoms with Crippen molar-refractivity contribution in [3.63, 3.8) is 0 Å². The predicted octanol–water partition coefficient (Wildman–Crippen LogP) is 3.64. The molecule has 134 valence electrons. The van der Waals surface area contributed by atoms with Gasteiger partial charge in [0.2, 0.25) is 0 Å². The second kappa shape index (κ2) is 8.44. The van der Waals surface area contributed by atoms with Gasteiger partial charge in [-0.25, -0.2) is 0 Å². The van der Waals surface area contributed by atoms with Crippen molar-refractivity contribution >= 4 is 0 Å². The summed E-state index contributed by atoms with van der Waals surface area (Å²) in [7, 11) is 3.03. The van der Waals surface area contributed by atoms with E-state index < -0.39 is 12.2 Å². The quantitative estimate of drug-likeness (QED) is 0.716. The standard InChI is InChI=1S/C20H24O5/c1-5-6-14-7-10-17(19(11-14)24-4)25-13(2)20(22)15-8-9-16(21)18(12-15)23-3/h5,7-13,20-22H,1,6H2,2-4H3/t13-,20+/m1/s1. The van der Waals surface area contributed by atoms with Crippen LogP contribution in [0.5, 0.6) is 23.0 Å². The van der Waals surface area contributed by atoms with E-state index in [1.807, 2.05) is 24.3 Å². The summed E-state index contributed by atoms with van der Waals surface area (Å²) >= 11 is 0. The van der Waals surface area contributed by atoms with Crippen LogP contribution in [0.4, 0.5) is 0 Å². The minimum atomic E-state index is -0.896. The second-order valence-corrected chi connectivity index (χ2v) is 5.68. The number of phenolic OH excluding ortho intramolecular Hbond substituents is 1. The Morgan fingerprint density at radius 2 is 1.76 bits per heavy atom. The van der Waals surface area contributed by atoms with Gasteiger partial charge in [0.15, 0.2) is 23.0 Å². The molecular weight excluding hydrogens is 320 g/mol. The van der Waals surface area contributed by atoms with E-state index in [2.05, 4.69) is 6.58 Å². The average Bonchev–Trinajstić information content (AvgIpc) is 2.62. The number of allylic oxidation sites excluding steroid dienone is 1. The van der Waals surface area contributed by atoms with Gasteiger partial charge in [-0.3, -0.25) is 0 Å². The van der Waals surface area contributed by atoms with Crippen LogP contribution >= 0.6 is 0 Å². The summed E-state index contributed by atoms with van der Waals surface area (Å²) in [4.78, 5) is 0. The van der Waals surface area contributed by atoms with E-state index in [9.17, 15) is 10.2 Å². The normalized spacial score (nSPS) is 13.0. The van der Waals surface area contributed by atoms with Gasteiger partial charge >= 0.3 is 0 Å². The Kier molecular flexibility index (Phi) is 6.31. The number of hydrogen-bond acceptors (Lipinski definition) is 5. The van der Waals surface area contributed by atoms with Gasteiger partial charge in [0.1, 0.15) is 12.2 Å². The molecule has 0 bridgehead atoms. The van der Waals surface area contributed by atoms with Crippen LogP contribution in [0.3, 0.4) is 0 Å². The molecule has 25 heavy (non-hydrogen) atoms. The fourth-order valence-corrected chi connectivity index (χ4v) is 2.52. The molecule has 0 saturated carbocycles. The molecule has 0 aliphatic heterocycles. The van der Waals surface area contributed by atoms with Crippen LogP contribution < -0.4 is 14.2 Å². The monoisotopic (exact) mass is 344 g/mol. The first-order chi connectivity index (χ1) is 12.0. The highest BCUT2D eigenvalue weighted by Crippen LogP contribution is 2.33. The van der Waals surface area contributed by atoms with E-state index in [1.165, 1.54) is 13.2 Å². The first-order valence-electron chi connectivity index (χ1n) is 7.99. The molecule has 5 heteroatoms. The Morgan fingerprint density at radius 1 is 1.04 bits per heavy atom. The van der Waals surface area contributed by atoms with Crippen LogP contribution in [0.2, 0.25) is 0 Å². The molecule has 2 atom stereocenters. The molecule has 2 rings (SSSR count). The van der Waals surface area contributed by atoms with E-state index in [-0.39, 0.29) is 5.75 Å². The first-order valence-corrected chi connectivity index (χ1v) is 7.99. The molecule has 0 heterocycles. The molecule has 2 N–H and O–H groups in total. The Balaban J connectivity index is 2.18. The Labute approximate surface area is 148 Å². The number of ether oxygens (including phenoxy) is 3. The molecule has 0 spiro atoms. The van der Waals surface area contributed by atoms with Crippen molar-refractivity contribution < 1.29 is 24.4 Å². The summed E-state index contributed by atoms with van der Waals surface area (Å²) in [5.41, 5.74) is 1.65. The zero-order valence-corrected chi connectivity index (χ0v) is 14.7. The molecule has 2 aromatic rings. The van der Waals surface area contributed by atoms with Crippen molar-refractivity contribution in [1.82, 2.24) is 0 Å². The van der Waals surface area contributed by atoms with Gasteiger partial charge in [0.05, 0.1) is 14.2 Å². The third-order valence-corrected chi connectivity index (χ3v) is 3.91. The van der Waals surface area contributed by atoms with Gasteiger partial charge in [-0.1, -0.05) is 18.2 Å². The lowest BCUT2D eigenvalue weighted by Crippen LogP contribution is -2.22. The lowest BCUT2D eigenvalue weighted by atomic mass is 10.0. The van der Waals surface area contributed by atoms with Gasteiger partial charge < -0.3 is 24.4 Å². The van der Waals surface area contributed by atoms with Gasteiger partial charge in [0.25, 0.3) is 0 Å². The lowest BCUT2D eigenvalue weighted by Gasteiger charge is -2.22. The maximum Gasteiger partial charge on any atom is 0.161 e. The minimum absolute atomic E-state index is 0.0199. The van der Waals surface area contributed by atoms with Crippen molar-refractivity contribution in [2.75, 3.05) is 14.2 Å². The van der Waals surface area contributed by atoms with Crippen LogP contribution in [0.15, 0.2) is 49.1 Å². The highest BCUT2D eigenvalue weighted by molar-refractivity contribution is 5.44. The van der Waals surface area contributed by atoms with E-state index in [1.54, 1.807) is 26.2 Å². The fourth-order valence-electron chi connectivity index (χ4n) is 2.52. The van der Waals surface area contributed by atoms with Gasteiger partial charge in [-0.2, -0.15) is 0 Å². The molecule has 0 amide bonds. The van der Waals surface area contributed by atoms with Crippen LogP contribution in [0, 0.1) is 0 Å². The molecule has 0 fully saturated rings. The van der Waals surface area contributed by atoms with Gasteiger partial charge in [-0.15, -0.1) is 6.58 Å². The molecule has 0 aromatic heterocycles. The number of aromatic hydroxyl groups is 1. The Bertz CT molecular complexity index is 726. The highest BCUT2D eigenvalue weighted by atomic mass is 16.5. The number of aliphatic hydroxyl groups excluding tert-OH is 1. The third kappa shape index (κ3) is 4.45. The molecule has 0 saturated heterocycles. The zero-order valence-electron chi connectivity index (χ0n) is 14.7. The summed E-state index contributed by atoms with van der Waals surface area (Å²) in [6.45, 7) is 5.49. The number of phenols is 1. The molecule has 2 aromatic carbocycles. The fraction of sp³-hybridized carbons (Fsp3) is 0.300. The largest absolute Gasteiger partial charge is 0.504 e. The van der Waals surface area contributed by atoms with E-state index >= 15 is 0 Å². The second-order valence-electron chi connectivity index (χ2n) is 5.68. The highest BCUT2D eigenvalue weighted by Gasteiger charge is 2.21. The van der Waals surface area contributed by atoms with Crippen molar-refractivity contribution in [2.45, 2.75) is 25.6 Å². The Morgan fingerprint density at radius 3 is 2.40 bits per heavy atom. The minimum Gasteiger partial charge on any atom is -0.504 e. The molecule has 0 aliphatic carbocycles. The number of hydrogen-bond donors (Lipinski definition) is 2. The maximum atomic E-state index is 10.5. The van der Waals surface area contributed by atoms with E-state index in [0.717, 1.165) is 12.0 Å². The van der Waals surface area contributed by atoms with Crippen LogP contribution in [0.1, 0.15) is 24.2 Å². The van der Waals surface area contributed by atoms with Crippen molar-refractivity contribution in [3.8, 4) is 23.0 Å². The molecule has 0 unspecified atom stereocenters. The summed E-state index contributed by atoms with van der Waals surface area (Å²) in [5.74, 6) is 1.47. The number of methoxy groups -OCH3 is 2. The number of benzene rings is 2. The SMILES string of the molecule is C=CCc1ccc(O[C@H](C)[C@H](O)c2ccc(O)c(OC)c2)c(OC)c1. The topological polar surface area (TPSA) is 68.2 Å². The number of rotatable bonds is 8. The van der Waals surface area contributed by atoms with Crippen molar-refractivity contribution in [2.24, 2.45) is 0 Å². The summed E-state index contributed by atoms with van der Waals surface area (Å²) in [6.07, 6.45) is 1.13. The van der Waals surface area contributed by atoms with Gasteiger partial charge in [-0.05, 0) is 48.7 Å². The summed E-state index contributed by atoms with van der Waals surface area (Å²) < 4.78 is 16.3. The molecule has 0 radical (unpaired) electrons. The van der Waals surface area contributed by atoms with Crippen LogP contribution in [-0.4, -0.2) is 30.5 Å². The molecular formula is C20H24O5. The maximum absolute atomic E-state index is 10.5. The summed E-state index contributed by atoms with van der Waals surface area (Å²) in [6, 6.07) is 10.3. The zero-order chi connectivity index (χ0) is 18.4. The van der Waals surface area contributed by atoms with E-state index in [0.29, 0.717) is 22.8 Å². The molecule has 0 aliphatic rings. The lowest BCUT2D eigenvalue weighted by molar-refractivity contribution is 0.0450. The van der Waals surface area contributed by atoms with Crippen molar-refractivity contribution in [3.05, 3.63) is 60.2 Å². The van der Waals surface area contributed by atoms with Gasteiger partial charge in [0, 0.05) is 0 Å².